The van der Waals surface area contributed by atoms with Gasteiger partial charge >= 0.3 is 0 Å². The normalized spacial score (nSPS) is 18.8. The van der Waals surface area contributed by atoms with E-state index in [-0.39, 0.29) is 11.9 Å². The molecule has 2 unspecified atom stereocenters. The second-order valence-electron chi connectivity index (χ2n) is 8.06. The van der Waals surface area contributed by atoms with E-state index >= 15 is 0 Å². The molecule has 9 heteroatoms. The zero-order valence-corrected chi connectivity index (χ0v) is 18.7. The lowest BCUT2D eigenvalue weighted by molar-refractivity contribution is 0.0539. The Morgan fingerprint density at radius 1 is 1.16 bits per heavy atom. The van der Waals surface area contributed by atoms with Crippen molar-refractivity contribution >= 4 is 23.5 Å². The van der Waals surface area contributed by atoms with Crippen molar-refractivity contribution in [2.45, 2.75) is 39.7 Å². The molecule has 1 saturated heterocycles. The summed E-state index contributed by atoms with van der Waals surface area (Å²) in [4.78, 5) is 25.7. The van der Waals surface area contributed by atoms with Crippen molar-refractivity contribution < 1.29 is 4.79 Å². The number of aryl methyl sites for hydroxylation is 2. The van der Waals surface area contributed by atoms with Crippen LogP contribution in [0.25, 0.3) is 5.69 Å². The Labute approximate surface area is 186 Å². The number of benzene rings is 1. The molecule has 8 nitrogen and oxygen atoms in total. The Morgan fingerprint density at radius 2 is 1.84 bits per heavy atom. The maximum absolute atomic E-state index is 13.8. The summed E-state index contributed by atoms with van der Waals surface area (Å²) in [6.07, 6.45) is 8.39. The number of carbonyl (C=O) groups is 1. The number of nitrogens with zero attached hydrogens (tertiary/aromatic N) is 6. The van der Waals surface area contributed by atoms with Crippen LogP contribution in [0.3, 0.4) is 0 Å². The average Bonchev–Trinajstić information content (AvgIpc) is 3.30. The molecule has 31 heavy (non-hydrogen) atoms. The highest BCUT2D eigenvalue weighted by Gasteiger charge is 2.33. The van der Waals surface area contributed by atoms with Crippen LogP contribution in [0.1, 0.15) is 41.3 Å². The average molecular weight is 440 g/mol. The van der Waals surface area contributed by atoms with Crippen LogP contribution in [0.15, 0.2) is 36.9 Å². The molecule has 2 atom stereocenters. The molecule has 0 saturated carbocycles. The van der Waals surface area contributed by atoms with E-state index < -0.39 is 0 Å². The number of rotatable bonds is 5. The molecule has 162 valence electrons. The quantitative estimate of drug-likeness (QED) is 0.652. The van der Waals surface area contributed by atoms with Gasteiger partial charge in [-0.2, -0.15) is 15.0 Å². The number of amides is 1. The zero-order valence-electron chi connectivity index (χ0n) is 17.9. The number of likely N-dealkylation sites (tertiary alicyclic amines) is 1. The first kappa shape index (κ1) is 21.2. The highest BCUT2D eigenvalue weighted by atomic mass is 35.5. The fourth-order valence-electron chi connectivity index (χ4n) is 4.04. The molecule has 1 amide bonds. The van der Waals surface area contributed by atoms with Crippen molar-refractivity contribution in [1.29, 1.82) is 0 Å². The van der Waals surface area contributed by atoms with Crippen LogP contribution in [-0.4, -0.2) is 54.9 Å². The third-order valence-corrected chi connectivity index (χ3v) is 6.14. The minimum absolute atomic E-state index is 0.00854. The minimum Gasteiger partial charge on any atom is -0.352 e. The highest BCUT2D eigenvalue weighted by molar-refractivity contribution is 6.30. The van der Waals surface area contributed by atoms with Gasteiger partial charge in [0.2, 0.25) is 5.95 Å². The topological polar surface area (TPSA) is 88.8 Å². The van der Waals surface area contributed by atoms with Crippen molar-refractivity contribution in [3.05, 3.63) is 58.6 Å². The summed E-state index contributed by atoms with van der Waals surface area (Å²) in [7, 11) is 0. The van der Waals surface area contributed by atoms with Crippen LogP contribution in [0.4, 0.5) is 5.95 Å². The van der Waals surface area contributed by atoms with Gasteiger partial charge in [-0.3, -0.25) is 4.79 Å². The van der Waals surface area contributed by atoms with Crippen molar-refractivity contribution in [2.24, 2.45) is 5.92 Å². The van der Waals surface area contributed by atoms with E-state index in [0.717, 1.165) is 24.0 Å². The monoisotopic (exact) mass is 439 g/mol. The number of piperidine rings is 1. The predicted molar refractivity (Wildman–Crippen MR) is 120 cm³/mol. The third-order valence-electron chi connectivity index (χ3n) is 5.94. The minimum atomic E-state index is -0.00854. The Balaban J connectivity index is 1.62. The largest absolute Gasteiger partial charge is 0.352 e. The van der Waals surface area contributed by atoms with E-state index in [0.29, 0.717) is 41.2 Å². The van der Waals surface area contributed by atoms with Gasteiger partial charge in [0, 0.05) is 13.1 Å². The molecule has 0 aliphatic carbocycles. The van der Waals surface area contributed by atoms with Crippen LogP contribution >= 0.6 is 11.6 Å². The molecule has 0 bridgehead atoms. The smallest absolute Gasteiger partial charge is 0.256 e. The molecule has 1 aliphatic heterocycles. The summed E-state index contributed by atoms with van der Waals surface area (Å²) in [6.45, 7) is 7.50. The molecule has 4 rings (SSSR count). The standard InChI is InChI=1S/C22H26ClN7O/c1-14-5-4-8-29(20(14)13-26-22-24-11-17(23)12-25-22)21(31)18-9-15(2)16(3)10-19(18)30-27-6-7-28-30/h6-7,9-12,14,20H,4-5,8,13H2,1-3H3,(H,24,25,26). The fourth-order valence-corrected chi connectivity index (χ4v) is 4.14. The maximum Gasteiger partial charge on any atom is 0.256 e. The van der Waals surface area contributed by atoms with Crippen molar-refractivity contribution in [1.82, 2.24) is 29.9 Å². The molecule has 3 heterocycles. The van der Waals surface area contributed by atoms with Crippen LogP contribution in [0.2, 0.25) is 5.02 Å². The molecular weight excluding hydrogens is 414 g/mol. The van der Waals surface area contributed by atoms with Crippen molar-refractivity contribution in [2.75, 3.05) is 18.4 Å². The van der Waals surface area contributed by atoms with Crippen LogP contribution in [-0.2, 0) is 0 Å². The van der Waals surface area contributed by atoms with E-state index in [1.807, 2.05) is 30.9 Å². The highest BCUT2D eigenvalue weighted by Crippen LogP contribution is 2.28. The predicted octanol–water partition coefficient (Wildman–Crippen LogP) is 3.68. The number of hydrogen-bond acceptors (Lipinski definition) is 6. The van der Waals surface area contributed by atoms with Gasteiger partial charge in [0.15, 0.2) is 0 Å². The summed E-state index contributed by atoms with van der Waals surface area (Å²) < 4.78 is 0. The first-order chi connectivity index (χ1) is 14.9. The van der Waals surface area contributed by atoms with E-state index in [2.05, 4.69) is 32.4 Å². The summed E-state index contributed by atoms with van der Waals surface area (Å²) in [5.41, 5.74) is 3.47. The summed E-state index contributed by atoms with van der Waals surface area (Å²) in [5.74, 6) is 0.836. The van der Waals surface area contributed by atoms with Gasteiger partial charge in [0.1, 0.15) is 0 Å². The van der Waals surface area contributed by atoms with Gasteiger partial charge in [0.05, 0.1) is 47.1 Å². The Kier molecular flexibility index (Phi) is 6.18. The van der Waals surface area contributed by atoms with E-state index in [9.17, 15) is 4.79 Å². The first-order valence-electron chi connectivity index (χ1n) is 10.4. The van der Waals surface area contributed by atoms with Gasteiger partial charge in [-0.1, -0.05) is 18.5 Å². The molecular formula is C22H26ClN7O. The van der Waals surface area contributed by atoms with Crippen molar-refractivity contribution in [3.63, 3.8) is 0 Å². The lowest BCUT2D eigenvalue weighted by Crippen LogP contribution is -2.51. The summed E-state index contributed by atoms with van der Waals surface area (Å²) in [5, 5.41) is 12.3. The van der Waals surface area contributed by atoms with Crippen LogP contribution < -0.4 is 5.32 Å². The SMILES string of the molecule is Cc1cc(C(=O)N2CCCC(C)C2CNc2ncc(Cl)cn2)c(-n2nccn2)cc1C. The Morgan fingerprint density at radius 3 is 2.55 bits per heavy atom. The number of nitrogens with one attached hydrogen (secondary N) is 1. The Hall–Kier alpha value is -3.00. The van der Waals surface area contributed by atoms with E-state index in [1.54, 1.807) is 24.8 Å². The van der Waals surface area contributed by atoms with Gasteiger partial charge in [-0.05, 0) is 55.9 Å². The van der Waals surface area contributed by atoms with E-state index in [4.69, 9.17) is 11.6 Å². The van der Waals surface area contributed by atoms with Gasteiger partial charge in [-0.25, -0.2) is 9.97 Å². The molecule has 0 spiro atoms. The molecule has 1 aromatic carbocycles. The van der Waals surface area contributed by atoms with Crippen LogP contribution in [0, 0.1) is 19.8 Å². The number of anilines is 1. The first-order valence-corrected chi connectivity index (χ1v) is 10.8. The second-order valence-corrected chi connectivity index (χ2v) is 8.50. The molecule has 2 aromatic heterocycles. The third kappa shape index (κ3) is 4.54. The summed E-state index contributed by atoms with van der Waals surface area (Å²) >= 11 is 5.88. The van der Waals surface area contributed by atoms with Crippen molar-refractivity contribution in [3.8, 4) is 5.69 Å². The lowest BCUT2D eigenvalue weighted by atomic mass is 9.89. The number of halogens is 1. The summed E-state index contributed by atoms with van der Waals surface area (Å²) in [6, 6.07) is 3.94. The number of carbonyl (C=O) groups excluding carboxylic acids is 1. The molecule has 0 radical (unpaired) electrons. The maximum atomic E-state index is 13.8. The van der Waals surface area contributed by atoms with E-state index in [1.165, 1.54) is 4.80 Å². The van der Waals surface area contributed by atoms with Gasteiger partial charge < -0.3 is 10.2 Å². The zero-order chi connectivity index (χ0) is 22.0. The molecule has 1 aliphatic rings. The lowest BCUT2D eigenvalue weighted by Gasteiger charge is -2.40. The Bertz CT molecular complexity index is 1050. The second kappa shape index (κ2) is 9.01. The van der Waals surface area contributed by atoms with Crippen LogP contribution in [0.5, 0.6) is 0 Å². The number of aromatic nitrogens is 5. The van der Waals surface area contributed by atoms with Gasteiger partial charge in [0.25, 0.3) is 5.91 Å². The molecule has 1 N–H and O–H groups in total. The number of hydrogen-bond donors (Lipinski definition) is 1. The fraction of sp³-hybridized carbons (Fsp3) is 0.409. The molecule has 1 fully saturated rings. The molecule has 3 aromatic rings. The van der Waals surface area contributed by atoms with Gasteiger partial charge in [-0.15, -0.1) is 0 Å².